The molecule has 0 spiro atoms. The molecule has 1 saturated heterocycles. The monoisotopic (exact) mass is 394 g/mol. The predicted molar refractivity (Wildman–Crippen MR) is 116 cm³/mol. The van der Waals surface area contributed by atoms with Gasteiger partial charge in [0.1, 0.15) is 5.82 Å². The molecule has 4 heteroatoms. The Morgan fingerprint density at radius 3 is 2.34 bits per heavy atom. The summed E-state index contributed by atoms with van der Waals surface area (Å²) in [6, 6.07) is 15.3. The number of benzene rings is 2. The standard InChI is InChI=1S/C25H31FN2O/c1-24(2,3)19-4-6-20(7-5-19)25(13-14-25)23(29)27-16-18-12-15-28(17-18)22-10-8-21(26)9-11-22/h4-11,18H,12-17H2,1-3H3,(H,27,29). The van der Waals surface area contributed by atoms with Crippen LogP contribution in [0.15, 0.2) is 48.5 Å². The molecule has 1 atom stereocenters. The molecule has 3 nitrogen and oxygen atoms in total. The zero-order valence-electron chi connectivity index (χ0n) is 17.7. The van der Waals surface area contributed by atoms with E-state index in [0.29, 0.717) is 12.5 Å². The van der Waals surface area contributed by atoms with Gasteiger partial charge in [0, 0.05) is 25.3 Å². The van der Waals surface area contributed by atoms with Crippen LogP contribution in [-0.2, 0) is 15.6 Å². The molecule has 1 amide bonds. The Kier molecular flexibility index (Phi) is 5.14. The average Bonchev–Trinajstić information content (AvgIpc) is 3.38. The number of amides is 1. The fourth-order valence-electron chi connectivity index (χ4n) is 4.35. The summed E-state index contributed by atoms with van der Waals surface area (Å²) in [5, 5.41) is 3.23. The van der Waals surface area contributed by atoms with E-state index in [2.05, 4.69) is 55.3 Å². The van der Waals surface area contributed by atoms with Gasteiger partial charge in [0.2, 0.25) is 5.91 Å². The van der Waals surface area contributed by atoms with Gasteiger partial charge in [-0.15, -0.1) is 0 Å². The largest absolute Gasteiger partial charge is 0.371 e. The highest BCUT2D eigenvalue weighted by molar-refractivity contribution is 5.91. The molecule has 29 heavy (non-hydrogen) atoms. The highest BCUT2D eigenvalue weighted by atomic mass is 19.1. The zero-order chi connectivity index (χ0) is 20.6. The van der Waals surface area contributed by atoms with Crippen LogP contribution in [0.5, 0.6) is 0 Å². The van der Waals surface area contributed by atoms with E-state index >= 15 is 0 Å². The molecule has 0 radical (unpaired) electrons. The van der Waals surface area contributed by atoms with Gasteiger partial charge in [0.15, 0.2) is 0 Å². The van der Waals surface area contributed by atoms with Crippen LogP contribution in [0.3, 0.4) is 0 Å². The summed E-state index contributed by atoms with van der Waals surface area (Å²) in [5.41, 5.74) is 3.28. The van der Waals surface area contributed by atoms with Gasteiger partial charge < -0.3 is 10.2 Å². The van der Waals surface area contributed by atoms with Gasteiger partial charge in [-0.3, -0.25) is 4.79 Å². The molecule has 4 rings (SSSR count). The quantitative estimate of drug-likeness (QED) is 0.790. The summed E-state index contributed by atoms with van der Waals surface area (Å²) in [5.74, 6) is 0.395. The van der Waals surface area contributed by atoms with Gasteiger partial charge in [-0.1, -0.05) is 45.0 Å². The molecule has 2 aromatic carbocycles. The summed E-state index contributed by atoms with van der Waals surface area (Å²) in [6.45, 7) is 9.18. The Hall–Kier alpha value is -2.36. The first-order valence-corrected chi connectivity index (χ1v) is 10.7. The van der Waals surface area contributed by atoms with E-state index < -0.39 is 0 Å². The lowest BCUT2D eigenvalue weighted by Crippen LogP contribution is -2.38. The average molecular weight is 395 g/mol. The van der Waals surface area contributed by atoms with Crippen molar-refractivity contribution in [2.24, 2.45) is 5.92 Å². The van der Waals surface area contributed by atoms with E-state index in [9.17, 15) is 9.18 Å². The summed E-state index contributed by atoms with van der Waals surface area (Å²) < 4.78 is 13.1. The van der Waals surface area contributed by atoms with E-state index in [1.165, 1.54) is 17.7 Å². The van der Waals surface area contributed by atoms with Crippen LogP contribution in [0.4, 0.5) is 10.1 Å². The third-order valence-corrected chi connectivity index (χ3v) is 6.52. The van der Waals surface area contributed by atoms with Crippen LogP contribution in [0.2, 0.25) is 0 Å². The fourth-order valence-corrected chi connectivity index (χ4v) is 4.35. The lowest BCUT2D eigenvalue weighted by Gasteiger charge is -2.22. The third-order valence-electron chi connectivity index (χ3n) is 6.52. The molecule has 0 aromatic heterocycles. The molecule has 1 aliphatic heterocycles. The number of carbonyl (C=O) groups excluding carboxylic acids is 1. The van der Waals surface area contributed by atoms with Crippen LogP contribution >= 0.6 is 0 Å². The maximum absolute atomic E-state index is 13.1. The number of nitrogens with zero attached hydrogens (tertiary/aromatic N) is 1. The summed E-state index contributed by atoms with van der Waals surface area (Å²) in [4.78, 5) is 15.3. The van der Waals surface area contributed by atoms with Crippen LogP contribution in [0, 0.1) is 11.7 Å². The first-order chi connectivity index (χ1) is 13.8. The minimum atomic E-state index is -0.328. The molecule has 1 unspecified atom stereocenters. The molecule has 154 valence electrons. The zero-order valence-corrected chi connectivity index (χ0v) is 17.7. The Bertz CT molecular complexity index is 863. The highest BCUT2D eigenvalue weighted by Gasteiger charge is 2.51. The molecule has 2 aromatic rings. The van der Waals surface area contributed by atoms with Gasteiger partial charge in [-0.05, 0) is 66.0 Å². The number of nitrogens with one attached hydrogen (secondary N) is 1. The second kappa shape index (κ2) is 7.47. The minimum Gasteiger partial charge on any atom is -0.371 e. The normalized spacial score (nSPS) is 20.6. The van der Waals surface area contributed by atoms with Crippen molar-refractivity contribution in [1.29, 1.82) is 0 Å². The molecule has 2 fully saturated rings. The summed E-state index contributed by atoms with van der Waals surface area (Å²) >= 11 is 0. The molecule has 1 heterocycles. The van der Waals surface area contributed by atoms with E-state index in [1.54, 1.807) is 0 Å². The third kappa shape index (κ3) is 4.17. The maximum Gasteiger partial charge on any atom is 0.230 e. The van der Waals surface area contributed by atoms with Crippen molar-refractivity contribution in [3.63, 3.8) is 0 Å². The van der Waals surface area contributed by atoms with Gasteiger partial charge in [-0.25, -0.2) is 4.39 Å². The van der Waals surface area contributed by atoms with E-state index in [-0.39, 0.29) is 22.6 Å². The summed E-state index contributed by atoms with van der Waals surface area (Å²) in [6.07, 6.45) is 2.91. The number of hydrogen-bond acceptors (Lipinski definition) is 2. The van der Waals surface area contributed by atoms with Crippen molar-refractivity contribution in [3.8, 4) is 0 Å². The van der Waals surface area contributed by atoms with Crippen molar-refractivity contribution in [2.45, 2.75) is 50.9 Å². The number of rotatable bonds is 5. The number of hydrogen-bond donors (Lipinski definition) is 1. The Balaban J connectivity index is 1.33. The van der Waals surface area contributed by atoms with E-state index in [4.69, 9.17) is 0 Å². The van der Waals surface area contributed by atoms with Gasteiger partial charge >= 0.3 is 0 Å². The first-order valence-electron chi connectivity index (χ1n) is 10.7. The Morgan fingerprint density at radius 2 is 1.76 bits per heavy atom. The van der Waals surface area contributed by atoms with Crippen molar-refractivity contribution >= 4 is 11.6 Å². The lowest BCUT2D eigenvalue weighted by atomic mass is 9.85. The van der Waals surface area contributed by atoms with E-state index in [1.807, 2.05) is 12.1 Å². The van der Waals surface area contributed by atoms with Crippen LogP contribution < -0.4 is 10.2 Å². The predicted octanol–water partition coefficient (Wildman–Crippen LogP) is 4.80. The molecule has 1 N–H and O–H groups in total. The molecule has 1 saturated carbocycles. The second-order valence-corrected chi connectivity index (χ2v) is 9.70. The molecule has 0 bridgehead atoms. The summed E-state index contributed by atoms with van der Waals surface area (Å²) in [7, 11) is 0. The topological polar surface area (TPSA) is 32.3 Å². The second-order valence-electron chi connectivity index (χ2n) is 9.70. The Labute approximate surface area is 173 Å². The molecule has 1 aliphatic carbocycles. The van der Waals surface area contributed by atoms with Gasteiger partial charge in [0.05, 0.1) is 5.41 Å². The van der Waals surface area contributed by atoms with Gasteiger partial charge in [0.25, 0.3) is 0 Å². The lowest BCUT2D eigenvalue weighted by molar-refractivity contribution is -0.123. The molecular weight excluding hydrogens is 363 g/mol. The van der Waals surface area contributed by atoms with Crippen molar-refractivity contribution in [2.75, 3.05) is 24.5 Å². The van der Waals surface area contributed by atoms with Crippen molar-refractivity contribution in [3.05, 3.63) is 65.5 Å². The van der Waals surface area contributed by atoms with Gasteiger partial charge in [-0.2, -0.15) is 0 Å². The molecule has 2 aliphatic rings. The maximum atomic E-state index is 13.1. The smallest absolute Gasteiger partial charge is 0.230 e. The number of carbonyl (C=O) groups is 1. The van der Waals surface area contributed by atoms with Crippen molar-refractivity contribution in [1.82, 2.24) is 5.32 Å². The van der Waals surface area contributed by atoms with Crippen molar-refractivity contribution < 1.29 is 9.18 Å². The molecular formula is C25H31FN2O. The number of halogens is 1. The minimum absolute atomic E-state index is 0.121. The Morgan fingerprint density at radius 1 is 1.10 bits per heavy atom. The van der Waals surface area contributed by atoms with Crippen LogP contribution in [-0.4, -0.2) is 25.5 Å². The van der Waals surface area contributed by atoms with Crippen LogP contribution in [0.1, 0.15) is 51.2 Å². The number of anilines is 1. The highest BCUT2D eigenvalue weighted by Crippen LogP contribution is 2.48. The SMILES string of the molecule is CC(C)(C)c1ccc(C2(C(=O)NCC3CCN(c4ccc(F)cc4)C3)CC2)cc1. The fraction of sp³-hybridized carbons (Fsp3) is 0.480. The first kappa shape index (κ1) is 19.9. The van der Waals surface area contributed by atoms with Crippen LogP contribution in [0.25, 0.3) is 0 Å². The van der Waals surface area contributed by atoms with E-state index in [0.717, 1.165) is 43.6 Å².